The normalized spacial score (nSPS) is 15.3. The number of nitrogens with zero attached hydrogens (tertiary/aromatic N) is 2. The maximum absolute atomic E-state index is 12.2. The second kappa shape index (κ2) is 12.4. The summed E-state index contributed by atoms with van der Waals surface area (Å²) in [5.41, 5.74) is 2.40. The van der Waals surface area contributed by atoms with Crippen LogP contribution in [-0.2, 0) is 19.1 Å². The van der Waals surface area contributed by atoms with Crippen LogP contribution in [0.2, 0.25) is 0 Å². The first-order valence-electron chi connectivity index (χ1n) is 10.5. The molecule has 1 heterocycles. The van der Waals surface area contributed by atoms with Gasteiger partial charge in [0.1, 0.15) is 0 Å². The van der Waals surface area contributed by atoms with Crippen molar-refractivity contribution in [2.24, 2.45) is 10.2 Å². The molecule has 0 spiro atoms. The zero-order valence-corrected chi connectivity index (χ0v) is 20.2. The summed E-state index contributed by atoms with van der Waals surface area (Å²) in [7, 11) is 1.23. The molecule has 3 rings (SSSR count). The first kappa shape index (κ1) is 25.5. The van der Waals surface area contributed by atoms with Crippen molar-refractivity contribution in [1.82, 2.24) is 5.32 Å². The van der Waals surface area contributed by atoms with Gasteiger partial charge in [-0.1, -0.05) is 12.1 Å². The van der Waals surface area contributed by atoms with Gasteiger partial charge < -0.3 is 19.5 Å². The maximum Gasteiger partial charge on any atom is 0.331 e. The van der Waals surface area contributed by atoms with Gasteiger partial charge in [-0.05, 0) is 67.1 Å². The third-order valence-corrected chi connectivity index (χ3v) is 5.28. The number of amides is 2. The number of methoxy groups -OCH3 is 1. The quantitative estimate of drug-likeness (QED) is 0.236. The molecule has 2 N–H and O–H groups in total. The van der Waals surface area contributed by atoms with E-state index in [1.54, 1.807) is 24.3 Å². The number of ether oxygens (including phenoxy) is 3. The molecule has 0 bridgehead atoms. The molecule has 0 atom stereocenters. The van der Waals surface area contributed by atoms with E-state index in [1.807, 2.05) is 32.0 Å². The SMILES string of the molecule is CCOc1cc(C=N/N=C2/NC(=O)/C(=C\C(=O)OC)S2)ccc1OCC(=O)Nc1cccc(C)c1. The van der Waals surface area contributed by atoms with Gasteiger partial charge in [0.05, 0.1) is 24.8 Å². The predicted molar refractivity (Wildman–Crippen MR) is 134 cm³/mol. The van der Waals surface area contributed by atoms with Crippen LogP contribution < -0.4 is 20.1 Å². The predicted octanol–water partition coefficient (Wildman–Crippen LogP) is 3.02. The molecule has 2 amide bonds. The number of carbonyl (C=O) groups excluding carboxylic acids is 3. The number of rotatable bonds is 9. The molecule has 2 aromatic carbocycles. The highest BCUT2D eigenvalue weighted by atomic mass is 32.2. The molecule has 1 saturated heterocycles. The summed E-state index contributed by atoms with van der Waals surface area (Å²) in [6.45, 7) is 3.99. The summed E-state index contributed by atoms with van der Waals surface area (Å²) in [4.78, 5) is 35.6. The van der Waals surface area contributed by atoms with Gasteiger partial charge in [0.25, 0.3) is 11.8 Å². The van der Waals surface area contributed by atoms with Crippen molar-refractivity contribution < 1.29 is 28.6 Å². The van der Waals surface area contributed by atoms with Gasteiger partial charge in [-0.3, -0.25) is 14.9 Å². The molecule has 10 nitrogen and oxygen atoms in total. The van der Waals surface area contributed by atoms with E-state index < -0.39 is 11.9 Å². The van der Waals surface area contributed by atoms with Crippen LogP contribution in [0, 0.1) is 6.92 Å². The number of hydrogen-bond donors (Lipinski definition) is 2. The lowest BCUT2D eigenvalue weighted by Crippen LogP contribution is -2.20. The van der Waals surface area contributed by atoms with Crippen molar-refractivity contribution in [3.8, 4) is 11.5 Å². The lowest BCUT2D eigenvalue weighted by Gasteiger charge is -2.12. The lowest BCUT2D eigenvalue weighted by molar-refractivity contribution is -0.135. The molecular formula is C24H24N4O6S. The summed E-state index contributed by atoms with van der Waals surface area (Å²) in [6, 6.07) is 12.6. The molecule has 2 aromatic rings. The summed E-state index contributed by atoms with van der Waals surface area (Å²) >= 11 is 0.975. The molecule has 182 valence electrons. The van der Waals surface area contributed by atoms with Crippen molar-refractivity contribution in [3.63, 3.8) is 0 Å². The van der Waals surface area contributed by atoms with Gasteiger partial charge in [0.15, 0.2) is 23.3 Å². The van der Waals surface area contributed by atoms with Crippen molar-refractivity contribution in [2.45, 2.75) is 13.8 Å². The lowest BCUT2D eigenvalue weighted by atomic mass is 10.2. The molecule has 0 aliphatic carbocycles. The molecule has 1 aliphatic rings. The summed E-state index contributed by atoms with van der Waals surface area (Å²) in [5.74, 6) is -0.534. The Morgan fingerprint density at radius 3 is 2.71 bits per heavy atom. The van der Waals surface area contributed by atoms with Crippen LogP contribution in [-0.4, -0.2) is 49.5 Å². The molecule has 1 aliphatic heterocycles. The van der Waals surface area contributed by atoms with E-state index in [0.717, 1.165) is 23.4 Å². The van der Waals surface area contributed by atoms with Gasteiger partial charge in [-0.2, -0.15) is 5.10 Å². The van der Waals surface area contributed by atoms with Crippen LogP contribution in [0.3, 0.4) is 0 Å². The van der Waals surface area contributed by atoms with E-state index in [1.165, 1.54) is 13.3 Å². The van der Waals surface area contributed by atoms with Gasteiger partial charge >= 0.3 is 5.97 Å². The molecule has 11 heteroatoms. The van der Waals surface area contributed by atoms with E-state index in [9.17, 15) is 14.4 Å². The number of amidine groups is 1. The molecule has 0 radical (unpaired) electrons. The Hall–Kier alpha value is -4.12. The fourth-order valence-corrected chi connectivity index (χ4v) is 3.58. The number of esters is 1. The Balaban J connectivity index is 1.62. The summed E-state index contributed by atoms with van der Waals surface area (Å²) in [6.07, 6.45) is 2.55. The summed E-state index contributed by atoms with van der Waals surface area (Å²) in [5, 5.41) is 13.5. The highest BCUT2D eigenvalue weighted by Crippen LogP contribution is 2.28. The van der Waals surface area contributed by atoms with Crippen LogP contribution in [0.25, 0.3) is 0 Å². The Morgan fingerprint density at radius 1 is 1.14 bits per heavy atom. The van der Waals surface area contributed by atoms with E-state index in [4.69, 9.17) is 9.47 Å². The van der Waals surface area contributed by atoms with E-state index in [0.29, 0.717) is 29.4 Å². The highest BCUT2D eigenvalue weighted by molar-refractivity contribution is 8.18. The molecule has 1 fully saturated rings. The van der Waals surface area contributed by atoms with Gasteiger partial charge in [0, 0.05) is 11.8 Å². The standard InChI is InChI=1S/C24H24N4O6S/c1-4-33-19-11-16(13-25-28-24-27-23(31)20(35-24)12-22(30)32-3)8-9-18(19)34-14-21(29)26-17-7-5-6-15(2)10-17/h5-13H,4,14H2,1-3H3,(H,26,29)(H,27,28,31)/b20-12+,25-13?. The van der Waals surface area contributed by atoms with Crippen LogP contribution in [0.15, 0.2) is 63.6 Å². The first-order chi connectivity index (χ1) is 16.9. The number of benzene rings is 2. The Kier molecular flexibility index (Phi) is 9.02. The second-order valence-corrected chi connectivity index (χ2v) is 8.11. The van der Waals surface area contributed by atoms with E-state index >= 15 is 0 Å². The fraction of sp³-hybridized carbons (Fsp3) is 0.208. The number of anilines is 1. The number of aryl methyl sites for hydroxylation is 1. The Bertz CT molecular complexity index is 1210. The third kappa shape index (κ3) is 7.71. The minimum Gasteiger partial charge on any atom is -0.490 e. The third-order valence-electron chi connectivity index (χ3n) is 4.38. The van der Waals surface area contributed by atoms with Crippen molar-refractivity contribution in [2.75, 3.05) is 25.6 Å². The number of carbonyl (C=O) groups is 3. The van der Waals surface area contributed by atoms with Crippen molar-refractivity contribution in [3.05, 3.63) is 64.6 Å². The number of hydrogen-bond acceptors (Lipinski definition) is 9. The molecular weight excluding hydrogens is 472 g/mol. The Labute approximate surface area is 206 Å². The highest BCUT2D eigenvalue weighted by Gasteiger charge is 2.25. The molecule has 0 aromatic heterocycles. The van der Waals surface area contributed by atoms with Crippen LogP contribution >= 0.6 is 11.8 Å². The van der Waals surface area contributed by atoms with E-state index in [2.05, 4.69) is 25.6 Å². The first-order valence-corrected chi connectivity index (χ1v) is 11.4. The zero-order valence-electron chi connectivity index (χ0n) is 19.4. The monoisotopic (exact) mass is 496 g/mol. The number of nitrogens with one attached hydrogen (secondary N) is 2. The fourth-order valence-electron chi connectivity index (χ4n) is 2.84. The van der Waals surface area contributed by atoms with Crippen LogP contribution in [0.5, 0.6) is 11.5 Å². The Morgan fingerprint density at radius 2 is 1.97 bits per heavy atom. The van der Waals surface area contributed by atoms with Crippen LogP contribution in [0.1, 0.15) is 18.1 Å². The molecule has 0 unspecified atom stereocenters. The van der Waals surface area contributed by atoms with Crippen LogP contribution in [0.4, 0.5) is 5.69 Å². The zero-order chi connectivity index (χ0) is 25.2. The maximum atomic E-state index is 12.2. The minimum atomic E-state index is -0.634. The van der Waals surface area contributed by atoms with Gasteiger partial charge in [-0.15, -0.1) is 5.10 Å². The van der Waals surface area contributed by atoms with Crippen molar-refractivity contribution in [1.29, 1.82) is 0 Å². The minimum absolute atomic E-state index is 0.164. The molecule has 0 saturated carbocycles. The average Bonchev–Trinajstić information content (AvgIpc) is 3.17. The second-order valence-electron chi connectivity index (χ2n) is 7.08. The average molecular weight is 497 g/mol. The summed E-state index contributed by atoms with van der Waals surface area (Å²) < 4.78 is 15.8. The van der Waals surface area contributed by atoms with Crippen molar-refractivity contribution >= 4 is 46.6 Å². The topological polar surface area (TPSA) is 128 Å². The number of thioether (sulfide) groups is 1. The van der Waals surface area contributed by atoms with E-state index in [-0.39, 0.29) is 22.6 Å². The van der Waals surface area contributed by atoms with Gasteiger partial charge in [-0.25, -0.2) is 4.79 Å². The molecule has 35 heavy (non-hydrogen) atoms. The van der Waals surface area contributed by atoms with Gasteiger partial charge in [0.2, 0.25) is 0 Å². The smallest absolute Gasteiger partial charge is 0.331 e. The largest absolute Gasteiger partial charge is 0.490 e.